The van der Waals surface area contributed by atoms with E-state index in [1.807, 2.05) is 0 Å². The molecule has 0 radical (unpaired) electrons. The molecule has 1 aromatic carbocycles. The molecule has 0 aromatic heterocycles. The molecule has 1 aliphatic carbocycles. The first kappa shape index (κ1) is 18.1. The number of amides is 2. The first-order valence-electron chi connectivity index (χ1n) is 8.94. The number of benzene rings is 1. The number of ether oxygens (including phenoxy) is 1. The highest BCUT2D eigenvalue weighted by Gasteiger charge is 2.36. The number of para-hydroxylation sites is 1. The predicted octanol–water partition coefficient (Wildman–Crippen LogP) is 1.46. The molecule has 1 N–H and O–H groups in total. The third-order valence-electron chi connectivity index (χ3n) is 4.84. The summed E-state index contributed by atoms with van der Waals surface area (Å²) in [6.45, 7) is -0.177. The second-order valence-electron chi connectivity index (χ2n) is 6.71. The third-order valence-corrected chi connectivity index (χ3v) is 4.84. The number of carbonyl (C=O) groups excluding carboxylic acids is 4. The van der Waals surface area contributed by atoms with Gasteiger partial charge in [-0.3, -0.25) is 24.1 Å². The minimum atomic E-state index is -0.759. The van der Waals surface area contributed by atoms with E-state index in [1.165, 1.54) is 19.3 Å². The number of anilines is 1. The zero-order valence-corrected chi connectivity index (χ0v) is 14.5. The van der Waals surface area contributed by atoms with Gasteiger partial charge in [-0.05, 0) is 30.9 Å². The third kappa shape index (κ3) is 4.09. The number of fused-ring (bicyclic) bond motifs is 1. The Morgan fingerprint density at radius 1 is 1.12 bits per heavy atom. The molecule has 26 heavy (non-hydrogen) atoms. The minimum Gasteiger partial charge on any atom is -0.454 e. The summed E-state index contributed by atoms with van der Waals surface area (Å²) in [6, 6.07) is 6.48. The summed E-state index contributed by atoms with van der Waals surface area (Å²) >= 11 is 0. The van der Waals surface area contributed by atoms with Crippen molar-refractivity contribution in [3.05, 3.63) is 29.8 Å². The number of hydrogen-bond donors (Lipinski definition) is 1. The van der Waals surface area contributed by atoms with E-state index in [9.17, 15) is 19.2 Å². The van der Waals surface area contributed by atoms with E-state index in [2.05, 4.69) is 5.32 Å². The molecule has 1 fully saturated rings. The number of nitrogens with zero attached hydrogens (tertiary/aromatic N) is 1. The molecule has 0 atom stereocenters. The van der Waals surface area contributed by atoms with Gasteiger partial charge in [0.1, 0.15) is 6.54 Å². The molecule has 1 heterocycles. The highest BCUT2D eigenvalue weighted by molar-refractivity contribution is 6.52. The van der Waals surface area contributed by atoms with Crippen LogP contribution in [0, 0.1) is 5.92 Å². The van der Waals surface area contributed by atoms with Crippen molar-refractivity contribution in [1.82, 2.24) is 5.32 Å². The molecule has 0 unspecified atom stereocenters. The summed E-state index contributed by atoms with van der Waals surface area (Å²) in [5.41, 5.74) is 0.664. The fraction of sp³-hybridized carbons (Fsp3) is 0.474. The van der Waals surface area contributed by atoms with E-state index in [0.717, 1.165) is 17.7 Å². The number of rotatable bonds is 6. The molecule has 2 aliphatic rings. The molecule has 1 aliphatic heterocycles. The van der Waals surface area contributed by atoms with Crippen LogP contribution in [0.2, 0.25) is 0 Å². The highest BCUT2D eigenvalue weighted by Crippen LogP contribution is 2.28. The SMILES string of the molecule is O=C(COC(=O)CN1C(=O)C(=O)c2ccccc21)NCC1CCCCC1. The van der Waals surface area contributed by atoms with Crippen LogP contribution in [-0.4, -0.2) is 43.3 Å². The van der Waals surface area contributed by atoms with Gasteiger partial charge in [-0.25, -0.2) is 0 Å². The summed E-state index contributed by atoms with van der Waals surface area (Å²) in [5.74, 6) is -1.99. The minimum absolute atomic E-state index is 0.274. The topological polar surface area (TPSA) is 92.8 Å². The van der Waals surface area contributed by atoms with Crippen LogP contribution in [0.15, 0.2) is 24.3 Å². The van der Waals surface area contributed by atoms with Crippen LogP contribution in [-0.2, 0) is 19.1 Å². The molecule has 0 spiro atoms. The summed E-state index contributed by atoms with van der Waals surface area (Å²) in [4.78, 5) is 48.8. The molecule has 138 valence electrons. The van der Waals surface area contributed by atoms with Crippen LogP contribution >= 0.6 is 0 Å². The van der Waals surface area contributed by atoms with Gasteiger partial charge in [0.25, 0.3) is 17.6 Å². The standard InChI is InChI=1S/C19H22N2O5/c22-16(20-10-13-6-2-1-3-7-13)12-26-17(23)11-21-15-9-5-4-8-14(15)18(24)19(21)25/h4-5,8-9,13H,1-3,6-7,10-12H2,(H,20,22). The predicted molar refractivity (Wildman–Crippen MR) is 93.7 cm³/mol. The average molecular weight is 358 g/mol. The highest BCUT2D eigenvalue weighted by atomic mass is 16.5. The fourth-order valence-electron chi connectivity index (χ4n) is 3.43. The second-order valence-corrected chi connectivity index (χ2v) is 6.71. The zero-order chi connectivity index (χ0) is 18.5. The first-order valence-corrected chi connectivity index (χ1v) is 8.94. The average Bonchev–Trinajstić information content (AvgIpc) is 2.91. The molecule has 7 nitrogen and oxygen atoms in total. The molecule has 1 saturated carbocycles. The number of ketones is 1. The summed E-state index contributed by atoms with van der Waals surface area (Å²) in [5, 5.41) is 2.78. The van der Waals surface area contributed by atoms with Crippen LogP contribution in [0.3, 0.4) is 0 Å². The van der Waals surface area contributed by atoms with Crippen molar-refractivity contribution in [2.75, 3.05) is 24.6 Å². The Bertz CT molecular complexity index is 724. The van der Waals surface area contributed by atoms with Crippen molar-refractivity contribution in [3.8, 4) is 0 Å². The van der Waals surface area contributed by atoms with E-state index < -0.39 is 24.2 Å². The number of hydrogen-bond acceptors (Lipinski definition) is 5. The Morgan fingerprint density at radius 2 is 1.85 bits per heavy atom. The molecule has 0 saturated heterocycles. The van der Waals surface area contributed by atoms with Gasteiger partial charge in [-0.1, -0.05) is 31.4 Å². The fourth-order valence-corrected chi connectivity index (χ4v) is 3.43. The smallest absolute Gasteiger partial charge is 0.326 e. The van der Waals surface area contributed by atoms with E-state index in [-0.39, 0.29) is 18.1 Å². The lowest BCUT2D eigenvalue weighted by Gasteiger charge is -2.21. The maximum absolute atomic E-state index is 12.0. The lowest BCUT2D eigenvalue weighted by molar-refractivity contribution is -0.147. The molecule has 7 heteroatoms. The van der Waals surface area contributed by atoms with Gasteiger partial charge in [-0.15, -0.1) is 0 Å². The van der Waals surface area contributed by atoms with Crippen LogP contribution in [0.4, 0.5) is 5.69 Å². The van der Waals surface area contributed by atoms with Gasteiger partial charge in [0.2, 0.25) is 0 Å². The normalized spacial score (nSPS) is 17.2. The van der Waals surface area contributed by atoms with Gasteiger partial charge in [-0.2, -0.15) is 0 Å². The zero-order valence-electron chi connectivity index (χ0n) is 14.5. The number of esters is 1. The second kappa shape index (κ2) is 8.12. The van der Waals surface area contributed by atoms with Crippen molar-refractivity contribution in [1.29, 1.82) is 0 Å². The Balaban J connectivity index is 1.45. The van der Waals surface area contributed by atoms with Gasteiger partial charge in [0, 0.05) is 6.54 Å². The van der Waals surface area contributed by atoms with Crippen LogP contribution < -0.4 is 10.2 Å². The van der Waals surface area contributed by atoms with Crippen LogP contribution in [0.25, 0.3) is 0 Å². The Labute approximate surface area is 151 Å². The molecular weight excluding hydrogens is 336 g/mol. The van der Waals surface area contributed by atoms with E-state index in [0.29, 0.717) is 18.2 Å². The van der Waals surface area contributed by atoms with Gasteiger partial charge < -0.3 is 10.1 Å². The summed E-state index contributed by atoms with van der Waals surface area (Å²) in [7, 11) is 0. The molecular formula is C19H22N2O5. The quantitative estimate of drug-likeness (QED) is 0.614. The van der Waals surface area contributed by atoms with E-state index in [4.69, 9.17) is 4.74 Å². The van der Waals surface area contributed by atoms with Gasteiger partial charge >= 0.3 is 5.97 Å². The summed E-state index contributed by atoms with van der Waals surface area (Å²) < 4.78 is 4.95. The largest absolute Gasteiger partial charge is 0.454 e. The number of nitrogens with one attached hydrogen (secondary N) is 1. The number of carbonyl (C=O) groups is 4. The lowest BCUT2D eigenvalue weighted by atomic mass is 9.89. The van der Waals surface area contributed by atoms with Gasteiger partial charge in [0.05, 0.1) is 11.3 Å². The molecule has 1 aromatic rings. The van der Waals surface area contributed by atoms with E-state index >= 15 is 0 Å². The maximum Gasteiger partial charge on any atom is 0.326 e. The molecule has 2 amide bonds. The van der Waals surface area contributed by atoms with Crippen molar-refractivity contribution in [2.24, 2.45) is 5.92 Å². The van der Waals surface area contributed by atoms with Crippen molar-refractivity contribution >= 4 is 29.3 Å². The Kier molecular flexibility index (Phi) is 5.65. The Hall–Kier alpha value is -2.70. The van der Waals surface area contributed by atoms with Crippen LogP contribution in [0.5, 0.6) is 0 Å². The van der Waals surface area contributed by atoms with E-state index in [1.54, 1.807) is 24.3 Å². The maximum atomic E-state index is 12.0. The van der Waals surface area contributed by atoms with Gasteiger partial charge in [0.15, 0.2) is 6.61 Å². The summed E-state index contributed by atoms with van der Waals surface area (Å²) in [6.07, 6.45) is 5.87. The Morgan fingerprint density at radius 3 is 2.62 bits per heavy atom. The van der Waals surface area contributed by atoms with Crippen LogP contribution in [0.1, 0.15) is 42.5 Å². The lowest BCUT2D eigenvalue weighted by Crippen LogP contribution is -2.38. The molecule has 3 rings (SSSR count). The van der Waals surface area contributed by atoms with Crippen molar-refractivity contribution < 1.29 is 23.9 Å². The monoisotopic (exact) mass is 358 g/mol. The van der Waals surface area contributed by atoms with Crippen molar-refractivity contribution in [2.45, 2.75) is 32.1 Å². The van der Waals surface area contributed by atoms with Crippen molar-refractivity contribution in [3.63, 3.8) is 0 Å². The first-order chi connectivity index (χ1) is 12.6. The number of Topliss-reactive ketones (excluding diaryl/α,β-unsaturated/α-hetero) is 1. The molecule has 0 bridgehead atoms.